The molecule has 116 valence electrons. The van der Waals surface area contributed by atoms with E-state index in [0.717, 1.165) is 11.3 Å². The average molecular weight is 292 g/mol. The molecule has 1 aliphatic heterocycles. The van der Waals surface area contributed by atoms with E-state index in [9.17, 15) is 9.90 Å². The maximum absolute atomic E-state index is 12.7. The number of ether oxygens (including phenoxy) is 1. The van der Waals surface area contributed by atoms with Crippen molar-refractivity contribution in [2.45, 2.75) is 32.5 Å². The first-order valence-electron chi connectivity index (χ1n) is 7.22. The van der Waals surface area contributed by atoms with Crippen molar-refractivity contribution in [3.8, 4) is 0 Å². The maximum Gasteiger partial charge on any atom is 0.254 e. The van der Waals surface area contributed by atoms with E-state index in [1.54, 1.807) is 4.90 Å². The minimum atomic E-state index is -0.444. The second-order valence-electron chi connectivity index (χ2n) is 6.15. The fourth-order valence-electron chi connectivity index (χ4n) is 2.77. The van der Waals surface area contributed by atoms with Crippen molar-refractivity contribution in [1.82, 2.24) is 4.90 Å². The summed E-state index contributed by atoms with van der Waals surface area (Å²) >= 11 is 0. The van der Waals surface area contributed by atoms with Gasteiger partial charge < -0.3 is 20.1 Å². The molecule has 1 aliphatic rings. The molecule has 0 radical (unpaired) electrons. The lowest BCUT2D eigenvalue weighted by Crippen LogP contribution is -2.55. The smallest absolute Gasteiger partial charge is 0.254 e. The fraction of sp³-hybridized carbons (Fsp3) is 0.562. The molecule has 1 heterocycles. The number of hydrogen-bond acceptors (Lipinski definition) is 4. The number of carbonyl (C=O) groups is 1. The van der Waals surface area contributed by atoms with E-state index in [0.29, 0.717) is 18.7 Å². The molecule has 1 unspecified atom stereocenters. The highest BCUT2D eigenvalue weighted by Gasteiger charge is 2.35. The number of aliphatic hydroxyl groups is 1. The van der Waals surface area contributed by atoms with E-state index in [1.165, 1.54) is 0 Å². The molecule has 0 saturated carbocycles. The van der Waals surface area contributed by atoms with Gasteiger partial charge in [0.1, 0.15) is 0 Å². The molecule has 1 atom stereocenters. The Morgan fingerprint density at radius 1 is 1.52 bits per heavy atom. The molecule has 0 bridgehead atoms. The van der Waals surface area contributed by atoms with Gasteiger partial charge in [-0.3, -0.25) is 4.79 Å². The van der Waals surface area contributed by atoms with Crippen molar-refractivity contribution in [1.29, 1.82) is 0 Å². The number of nitrogens with zero attached hydrogens (tertiary/aromatic N) is 1. The van der Waals surface area contributed by atoms with E-state index in [4.69, 9.17) is 4.74 Å². The molecule has 2 rings (SSSR count). The van der Waals surface area contributed by atoms with Crippen LogP contribution in [-0.4, -0.2) is 54.4 Å². The molecule has 1 saturated heterocycles. The first kappa shape index (κ1) is 15.8. The lowest BCUT2D eigenvalue weighted by Gasteiger charge is -2.42. The summed E-state index contributed by atoms with van der Waals surface area (Å²) in [5.41, 5.74) is 2.18. The summed E-state index contributed by atoms with van der Waals surface area (Å²) in [5, 5.41) is 12.4. The summed E-state index contributed by atoms with van der Waals surface area (Å²) in [7, 11) is 1.85. The van der Waals surface area contributed by atoms with E-state index < -0.39 is 5.60 Å². The third-order valence-electron chi connectivity index (χ3n) is 3.72. The van der Waals surface area contributed by atoms with Crippen molar-refractivity contribution in [2.75, 3.05) is 32.1 Å². The Morgan fingerprint density at radius 2 is 2.24 bits per heavy atom. The molecule has 21 heavy (non-hydrogen) atoms. The second-order valence-corrected chi connectivity index (χ2v) is 6.15. The van der Waals surface area contributed by atoms with Crippen LogP contribution in [0.3, 0.4) is 0 Å². The highest BCUT2D eigenvalue weighted by atomic mass is 16.5. The minimum absolute atomic E-state index is 0.00928. The molecular weight excluding hydrogens is 268 g/mol. The molecule has 5 heteroatoms. The van der Waals surface area contributed by atoms with Crippen molar-refractivity contribution >= 4 is 11.6 Å². The molecule has 0 aromatic heterocycles. The van der Waals surface area contributed by atoms with Crippen LogP contribution >= 0.6 is 0 Å². The standard InChI is InChI=1S/C16H24N2O3/c1-11-7-12(17-4)5-6-14(11)15(20)18-8-13(9-19)21-16(2,3)10-18/h5-7,13,17,19H,8-10H2,1-4H3. The maximum atomic E-state index is 12.7. The van der Waals surface area contributed by atoms with Crippen LogP contribution in [0, 0.1) is 6.92 Å². The average Bonchev–Trinajstić information content (AvgIpc) is 2.44. The number of benzene rings is 1. The second kappa shape index (κ2) is 6.03. The Kier molecular flexibility index (Phi) is 4.54. The molecule has 1 aromatic rings. The summed E-state index contributed by atoms with van der Waals surface area (Å²) in [6.45, 7) is 6.67. The lowest BCUT2D eigenvalue weighted by atomic mass is 10.0. The van der Waals surface area contributed by atoms with Crippen LogP contribution in [0.1, 0.15) is 29.8 Å². The number of morpholine rings is 1. The van der Waals surface area contributed by atoms with Crippen LogP contribution in [-0.2, 0) is 4.74 Å². The molecule has 1 amide bonds. The topological polar surface area (TPSA) is 61.8 Å². The van der Waals surface area contributed by atoms with Gasteiger partial charge in [0.15, 0.2) is 0 Å². The van der Waals surface area contributed by atoms with Gasteiger partial charge in [-0.1, -0.05) is 0 Å². The summed E-state index contributed by atoms with van der Waals surface area (Å²) < 4.78 is 5.75. The van der Waals surface area contributed by atoms with Crippen LogP contribution in [0.25, 0.3) is 0 Å². The molecule has 0 aliphatic carbocycles. The first-order valence-corrected chi connectivity index (χ1v) is 7.22. The van der Waals surface area contributed by atoms with Gasteiger partial charge in [0, 0.05) is 31.4 Å². The zero-order chi connectivity index (χ0) is 15.6. The first-order chi connectivity index (χ1) is 9.86. The van der Waals surface area contributed by atoms with Gasteiger partial charge in [0.05, 0.1) is 18.3 Å². The van der Waals surface area contributed by atoms with Crippen LogP contribution in [0.4, 0.5) is 5.69 Å². The van der Waals surface area contributed by atoms with E-state index in [-0.39, 0.29) is 18.6 Å². The van der Waals surface area contributed by atoms with Crippen molar-refractivity contribution in [3.05, 3.63) is 29.3 Å². The Labute approximate surface area is 125 Å². The van der Waals surface area contributed by atoms with Crippen molar-refractivity contribution in [3.63, 3.8) is 0 Å². The number of nitrogens with one attached hydrogen (secondary N) is 1. The minimum Gasteiger partial charge on any atom is -0.394 e. The number of amides is 1. The van der Waals surface area contributed by atoms with Crippen LogP contribution in [0.2, 0.25) is 0 Å². The Morgan fingerprint density at radius 3 is 2.81 bits per heavy atom. The molecule has 2 N–H and O–H groups in total. The summed E-state index contributed by atoms with van der Waals surface area (Å²) in [6, 6.07) is 5.71. The number of aliphatic hydroxyl groups excluding tert-OH is 1. The Bertz CT molecular complexity index is 528. The number of hydrogen-bond donors (Lipinski definition) is 2. The van der Waals surface area contributed by atoms with Gasteiger partial charge in [-0.2, -0.15) is 0 Å². The Balaban J connectivity index is 2.22. The zero-order valence-electron chi connectivity index (χ0n) is 13.1. The Hall–Kier alpha value is -1.59. The highest BCUT2D eigenvalue weighted by Crippen LogP contribution is 2.24. The monoisotopic (exact) mass is 292 g/mol. The van der Waals surface area contributed by atoms with E-state index >= 15 is 0 Å². The van der Waals surface area contributed by atoms with Gasteiger partial charge in [-0.05, 0) is 44.5 Å². The van der Waals surface area contributed by atoms with Gasteiger partial charge in [0.25, 0.3) is 5.91 Å². The lowest BCUT2D eigenvalue weighted by molar-refractivity contribution is -0.139. The number of aryl methyl sites for hydroxylation is 1. The zero-order valence-corrected chi connectivity index (χ0v) is 13.1. The van der Waals surface area contributed by atoms with Crippen LogP contribution in [0.5, 0.6) is 0 Å². The predicted octanol–water partition coefficient (Wildman–Crippen LogP) is 1.65. The molecular formula is C16H24N2O3. The quantitative estimate of drug-likeness (QED) is 0.889. The summed E-state index contributed by atoms with van der Waals surface area (Å²) in [5.74, 6) is -0.00928. The molecule has 1 aromatic carbocycles. The highest BCUT2D eigenvalue weighted by molar-refractivity contribution is 5.96. The van der Waals surface area contributed by atoms with E-state index in [1.807, 2.05) is 46.0 Å². The van der Waals surface area contributed by atoms with Gasteiger partial charge >= 0.3 is 0 Å². The SMILES string of the molecule is CNc1ccc(C(=O)N2CC(CO)OC(C)(C)C2)c(C)c1. The van der Waals surface area contributed by atoms with Gasteiger partial charge in [0.2, 0.25) is 0 Å². The van der Waals surface area contributed by atoms with Gasteiger partial charge in [-0.15, -0.1) is 0 Å². The van der Waals surface area contributed by atoms with Crippen LogP contribution < -0.4 is 5.32 Å². The largest absolute Gasteiger partial charge is 0.394 e. The van der Waals surface area contributed by atoms with Crippen molar-refractivity contribution < 1.29 is 14.6 Å². The normalized spacial score (nSPS) is 21.2. The molecule has 5 nitrogen and oxygen atoms in total. The number of carbonyl (C=O) groups excluding carboxylic acids is 1. The third kappa shape index (κ3) is 3.54. The molecule has 1 fully saturated rings. The fourth-order valence-corrected chi connectivity index (χ4v) is 2.77. The summed E-state index contributed by atoms with van der Waals surface area (Å²) in [4.78, 5) is 14.5. The number of rotatable bonds is 3. The van der Waals surface area contributed by atoms with E-state index in [2.05, 4.69) is 5.32 Å². The third-order valence-corrected chi connectivity index (χ3v) is 3.72. The molecule has 0 spiro atoms. The van der Waals surface area contributed by atoms with Crippen LogP contribution in [0.15, 0.2) is 18.2 Å². The van der Waals surface area contributed by atoms with Crippen molar-refractivity contribution in [2.24, 2.45) is 0 Å². The predicted molar refractivity (Wildman–Crippen MR) is 82.7 cm³/mol. The summed E-state index contributed by atoms with van der Waals surface area (Å²) in [6.07, 6.45) is -0.324. The number of anilines is 1. The van der Waals surface area contributed by atoms with Gasteiger partial charge in [-0.25, -0.2) is 0 Å².